The molecule has 1 aliphatic carbocycles. The number of hydrogen-bond acceptors (Lipinski definition) is 4. The minimum Gasteiger partial charge on any atom is -0.363 e. The Morgan fingerprint density at radius 2 is 1.61 bits per heavy atom. The molecule has 23 heavy (non-hydrogen) atoms. The molecular weight excluding hydrogens is 348 g/mol. The van der Waals surface area contributed by atoms with Crippen LogP contribution in [0.2, 0.25) is 0 Å². The van der Waals surface area contributed by atoms with Crippen molar-refractivity contribution < 1.29 is 4.79 Å². The lowest BCUT2D eigenvalue weighted by molar-refractivity contribution is 0.165. The van der Waals surface area contributed by atoms with E-state index in [9.17, 15) is 4.79 Å². The Labute approximate surface area is 154 Å². The number of nitrogens with one attached hydrogen (secondary N) is 1. The van der Waals surface area contributed by atoms with Crippen LogP contribution in [-0.4, -0.2) is 75.7 Å². The van der Waals surface area contributed by atoms with Crippen LogP contribution in [0.15, 0.2) is 0 Å². The Morgan fingerprint density at radius 1 is 1.04 bits per heavy atom. The van der Waals surface area contributed by atoms with Gasteiger partial charge in [0.05, 0.1) is 0 Å². The minimum atomic E-state index is 0.0823. The largest absolute Gasteiger partial charge is 0.363 e. The number of urea groups is 1. The predicted octanol–water partition coefficient (Wildman–Crippen LogP) is 2.51. The number of carbonyl (C=O) groups excluding carboxylic acids is 1. The number of thiocarbonyl (C=S) groups is 2. The van der Waals surface area contributed by atoms with Crippen molar-refractivity contribution in [2.45, 2.75) is 38.1 Å². The Hall–Kier alpha value is -0.600. The van der Waals surface area contributed by atoms with Gasteiger partial charge in [0.1, 0.15) is 8.64 Å². The van der Waals surface area contributed by atoms with Crippen molar-refractivity contribution in [1.82, 2.24) is 20.0 Å². The molecule has 1 heterocycles. The van der Waals surface area contributed by atoms with E-state index in [1.165, 1.54) is 31.0 Å². The summed E-state index contributed by atoms with van der Waals surface area (Å²) in [5.74, 6) is 0. The van der Waals surface area contributed by atoms with Gasteiger partial charge in [-0.2, -0.15) is 0 Å². The molecule has 1 saturated heterocycles. The molecule has 1 saturated carbocycles. The highest BCUT2D eigenvalue weighted by Crippen LogP contribution is 2.18. The number of amides is 2. The van der Waals surface area contributed by atoms with Crippen molar-refractivity contribution >= 4 is 50.9 Å². The van der Waals surface area contributed by atoms with Crippen molar-refractivity contribution in [2.75, 3.05) is 40.3 Å². The summed E-state index contributed by atoms with van der Waals surface area (Å²) in [4.78, 5) is 18.3. The summed E-state index contributed by atoms with van der Waals surface area (Å²) in [6.45, 7) is 2.99. The quantitative estimate of drug-likeness (QED) is 0.711. The molecule has 0 unspecified atom stereocenters. The van der Waals surface area contributed by atoms with E-state index in [1.807, 2.05) is 23.9 Å². The molecule has 1 N–H and O–H groups in total. The van der Waals surface area contributed by atoms with E-state index >= 15 is 0 Å². The van der Waals surface area contributed by atoms with E-state index in [-0.39, 0.29) is 6.03 Å². The molecule has 0 radical (unpaired) electrons. The lowest BCUT2D eigenvalue weighted by Crippen LogP contribution is -2.54. The summed E-state index contributed by atoms with van der Waals surface area (Å²) in [6.07, 6.45) is 6.00. The Balaban J connectivity index is 1.73. The highest BCUT2D eigenvalue weighted by atomic mass is 32.2. The highest BCUT2D eigenvalue weighted by Gasteiger charge is 2.25. The zero-order valence-electron chi connectivity index (χ0n) is 13.9. The first kappa shape index (κ1) is 18.7. The van der Waals surface area contributed by atoms with Gasteiger partial charge in [0.2, 0.25) is 0 Å². The van der Waals surface area contributed by atoms with E-state index in [0.717, 1.165) is 34.6 Å². The van der Waals surface area contributed by atoms with Crippen LogP contribution in [0.3, 0.4) is 0 Å². The third kappa shape index (κ3) is 5.76. The van der Waals surface area contributed by atoms with Crippen LogP contribution in [0.1, 0.15) is 32.1 Å². The molecule has 0 bridgehead atoms. The second kappa shape index (κ2) is 9.03. The molecule has 0 aromatic rings. The van der Waals surface area contributed by atoms with Crippen LogP contribution >= 0.6 is 36.2 Å². The molecule has 2 fully saturated rings. The molecule has 2 amide bonds. The van der Waals surface area contributed by atoms with E-state index in [1.54, 1.807) is 0 Å². The van der Waals surface area contributed by atoms with Gasteiger partial charge in [-0.25, -0.2) is 4.79 Å². The maximum absolute atomic E-state index is 12.3. The first-order valence-electron chi connectivity index (χ1n) is 8.21. The van der Waals surface area contributed by atoms with Crippen molar-refractivity contribution in [3.8, 4) is 0 Å². The lowest BCUT2D eigenvalue weighted by Gasteiger charge is -2.37. The first-order chi connectivity index (χ1) is 11.0. The topological polar surface area (TPSA) is 38.8 Å². The second-order valence-corrected chi connectivity index (χ2v) is 8.55. The van der Waals surface area contributed by atoms with Crippen molar-refractivity contribution in [1.29, 1.82) is 0 Å². The van der Waals surface area contributed by atoms with Crippen LogP contribution in [0.25, 0.3) is 0 Å². The fourth-order valence-electron chi connectivity index (χ4n) is 2.84. The number of rotatable bonds is 1. The van der Waals surface area contributed by atoms with Gasteiger partial charge in [-0.05, 0) is 24.6 Å². The third-order valence-electron chi connectivity index (χ3n) is 4.30. The molecule has 1 aliphatic heterocycles. The van der Waals surface area contributed by atoms with Gasteiger partial charge in [-0.15, -0.1) is 0 Å². The fourth-order valence-corrected chi connectivity index (χ4v) is 4.29. The Kier molecular flexibility index (Phi) is 7.36. The number of nitrogens with zero attached hydrogens (tertiary/aromatic N) is 3. The van der Waals surface area contributed by atoms with E-state index in [0.29, 0.717) is 19.1 Å². The number of hydrogen-bond donors (Lipinski definition) is 1. The summed E-state index contributed by atoms with van der Waals surface area (Å²) in [7, 11) is 3.84. The molecule has 0 spiro atoms. The minimum absolute atomic E-state index is 0.0823. The Morgan fingerprint density at radius 3 is 2.17 bits per heavy atom. The van der Waals surface area contributed by atoms with Crippen LogP contribution in [0.5, 0.6) is 0 Å². The number of piperazine rings is 1. The highest BCUT2D eigenvalue weighted by molar-refractivity contribution is 8.37. The van der Waals surface area contributed by atoms with Crippen molar-refractivity contribution in [2.24, 2.45) is 0 Å². The SMILES string of the molecule is CN(C)C(=S)SC(=S)N1CCN(C(=O)NC2CCCCC2)CC1. The average Bonchev–Trinajstić information content (AvgIpc) is 2.55. The molecule has 8 heteroatoms. The van der Waals surface area contributed by atoms with E-state index < -0.39 is 0 Å². The molecule has 2 aliphatic rings. The van der Waals surface area contributed by atoms with Gasteiger partial charge < -0.3 is 20.0 Å². The van der Waals surface area contributed by atoms with Crippen LogP contribution in [-0.2, 0) is 0 Å². The standard InChI is InChI=1S/C15H26N4OS3/c1-17(2)14(21)23-15(22)19-10-8-18(9-11-19)13(20)16-12-6-4-3-5-7-12/h12H,3-11H2,1-2H3,(H,16,20). The van der Waals surface area contributed by atoms with Crippen molar-refractivity contribution in [3.05, 3.63) is 0 Å². The van der Waals surface area contributed by atoms with Crippen LogP contribution in [0, 0.1) is 0 Å². The van der Waals surface area contributed by atoms with Gasteiger partial charge in [0.25, 0.3) is 0 Å². The molecule has 0 aromatic carbocycles. The maximum atomic E-state index is 12.3. The van der Waals surface area contributed by atoms with Gasteiger partial charge in [-0.3, -0.25) is 0 Å². The van der Waals surface area contributed by atoms with E-state index in [2.05, 4.69) is 10.2 Å². The average molecular weight is 375 g/mol. The van der Waals surface area contributed by atoms with Gasteiger partial charge >= 0.3 is 6.03 Å². The van der Waals surface area contributed by atoms with E-state index in [4.69, 9.17) is 24.4 Å². The maximum Gasteiger partial charge on any atom is 0.317 e. The molecular formula is C15H26N4OS3. The summed E-state index contributed by atoms with van der Waals surface area (Å²) < 4.78 is 1.57. The summed E-state index contributed by atoms with van der Waals surface area (Å²) in [5, 5.41) is 3.18. The molecule has 0 aromatic heterocycles. The summed E-state index contributed by atoms with van der Waals surface area (Å²) in [6, 6.07) is 0.447. The molecule has 2 rings (SSSR count). The normalized spacial score (nSPS) is 19.4. The van der Waals surface area contributed by atoms with Crippen LogP contribution in [0.4, 0.5) is 4.79 Å². The monoisotopic (exact) mass is 374 g/mol. The smallest absolute Gasteiger partial charge is 0.317 e. The van der Waals surface area contributed by atoms with Crippen LogP contribution < -0.4 is 5.32 Å². The predicted molar refractivity (Wildman–Crippen MR) is 105 cm³/mol. The van der Waals surface area contributed by atoms with Gasteiger partial charge in [-0.1, -0.05) is 43.7 Å². The second-order valence-electron chi connectivity index (χ2n) is 6.29. The fraction of sp³-hybridized carbons (Fsp3) is 0.800. The zero-order valence-corrected chi connectivity index (χ0v) is 16.4. The zero-order chi connectivity index (χ0) is 16.8. The van der Waals surface area contributed by atoms with Crippen molar-refractivity contribution in [3.63, 3.8) is 0 Å². The van der Waals surface area contributed by atoms with Gasteiger partial charge in [0, 0.05) is 46.3 Å². The van der Waals surface area contributed by atoms with Gasteiger partial charge in [0.15, 0.2) is 0 Å². The first-order valence-corrected chi connectivity index (χ1v) is 9.84. The summed E-state index contributed by atoms with van der Waals surface area (Å²) >= 11 is 12.2. The number of thioether (sulfide) groups is 1. The third-order valence-corrected chi connectivity index (χ3v) is 6.39. The Bertz CT molecular complexity index is 444. The number of carbonyl (C=O) groups is 1. The lowest BCUT2D eigenvalue weighted by atomic mass is 9.96. The summed E-state index contributed by atoms with van der Waals surface area (Å²) in [5.41, 5.74) is 0. The molecule has 130 valence electrons. The molecule has 5 nitrogen and oxygen atoms in total. The molecule has 0 atom stereocenters.